The van der Waals surface area contributed by atoms with Crippen LogP contribution in [0.15, 0.2) is 35.7 Å². The number of nitrogens with zero attached hydrogens (tertiary/aromatic N) is 3. The lowest BCUT2D eigenvalue weighted by atomic mass is 10.3. The summed E-state index contributed by atoms with van der Waals surface area (Å²) in [5.74, 6) is 1.04. The summed E-state index contributed by atoms with van der Waals surface area (Å²) < 4.78 is 39.9. The Hall–Kier alpha value is -2.13. The SMILES string of the molecule is O=S(=O)(NCCCn1cncn1)c1ccc2c(c1)OCCCO2. The molecular weight excluding hydrogens is 320 g/mol. The van der Waals surface area contributed by atoms with Crippen LogP contribution in [0.25, 0.3) is 0 Å². The average molecular weight is 338 g/mol. The number of nitrogens with one attached hydrogen (secondary N) is 1. The molecule has 9 heteroatoms. The van der Waals surface area contributed by atoms with Crippen molar-refractivity contribution in [3.63, 3.8) is 0 Å². The third-order valence-corrected chi connectivity index (χ3v) is 4.81. The van der Waals surface area contributed by atoms with Gasteiger partial charge in [-0.05, 0) is 18.6 Å². The molecule has 0 saturated heterocycles. The summed E-state index contributed by atoms with van der Waals surface area (Å²) in [4.78, 5) is 4.00. The van der Waals surface area contributed by atoms with E-state index >= 15 is 0 Å². The first kappa shape index (κ1) is 15.8. The number of aryl methyl sites for hydroxylation is 1. The molecule has 3 rings (SSSR count). The van der Waals surface area contributed by atoms with Crippen molar-refractivity contribution in [1.29, 1.82) is 0 Å². The van der Waals surface area contributed by atoms with Crippen LogP contribution >= 0.6 is 0 Å². The minimum atomic E-state index is -3.58. The second-order valence-electron chi connectivity index (χ2n) is 5.07. The first-order chi connectivity index (χ1) is 11.1. The van der Waals surface area contributed by atoms with E-state index in [1.807, 2.05) is 0 Å². The summed E-state index contributed by atoms with van der Waals surface area (Å²) in [6.45, 7) is 2.00. The molecule has 8 nitrogen and oxygen atoms in total. The van der Waals surface area contributed by atoms with Gasteiger partial charge < -0.3 is 9.47 Å². The molecule has 0 saturated carbocycles. The van der Waals surface area contributed by atoms with Crippen molar-refractivity contribution in [2.45, 2.75) is 24.3 Å². The molecule has 2 aromatic rings. The minimum absolute atomic E-state index is 0.169. The number of benzene rings is 1. The number of sulfonamides is 1. The lowest BCUT2D eigenvalue weighted by Crippen LogP contribution is -2.25. The van der Waals surface area contributed by atoms with Crippen LogP contribution in [0.2, 0.25) is 0 Å². The predicted molar refractivity (Wildman–Crippen MR) is 81.9 cm³/mol. The molecule has 0 atom stereocenters. The molecule has 1 aromatic heterocycles. The zero-order valence-electron chi connectivity index (χ0n) is 12.5. The van der Waals surface area contributed by atoms with Crippen molar-refractivity contribution in [1.82, 2.24) is 19.5 Å². The summed E-state index contributed by atoms with van der Waals surface area (Å²) in [6, 6.07) is 4.65. The second-order valence-corrected chi connectivity index (χ2v) is 6.84. The standard InChI is InChI=1S/C14H18N4O4S/c19-23(20,17-5-1-6-18-11-15-10-16-18)12-3-4-13-14(9-12)22-8-2-7-21-13/h3-4,9-11,17H,1-2,5-8H2. The molecule has 0 aliphatic carbocycles. The van der Waals surface area contributed by atoms with Crippen LogP contribution in [0.4, 0.5) is 0 Å². The summed E-state index contributed by atoms with van der Waals surface area (Å²) in [5.41, 5.74) is 0. The van der Waals surface area contributed by atoms with Gasteiger partial charge >= 0.3 is 0 Å². The Morgan fingerprint density at radius 1 is 1.22 bits per heavy atom. The molecule has 0 bridgehead atoms. The van der Waals surface area contributed by atoms with Gasteiger partial charge in [0.1, 0.15) is 12.7 Å². The van der Waals surface area contributed by atoms with Gasteiger partial charge in [0.2, 0.25) is 10.0 Å². The summed E-state index contributed by atoms with van der Waals surface area (Å²) in [6.07, 6.45) is 4.44. The molecule has 0 unspecified atom stereocenters. The highest BCUT2D eigenvalue weighted by atomic mass is 32.2. The van der Waals surface area contributed by atoms with Crippen molar-refractivity contribution in [2.75, 3.05) is 19.8 Å². The molecule has 1 aliphatic heterocycles. The van der Waals surface area contributed by atoms with E-state index in [1.54, 1.807) is 17.1 Å². The third-order valence-electron chi connectivity index (χ3n) is 3.35. The van der Waals surface area contributed by atoms with Crippen LogP contribution in [0.3, 0.4) is 0 Å². The fourth-order valence-electron chi connectivity index (χ4n) is 2.19. The number of aromatic nitrogens is 3. The zero-order valence-corrected chi connectivity index (χ0v) is 13.3. The molecule has 23 heavy (non-hydrogen) atoms. The van der Waals surface area contributed by atoms with E-state index in [2.05, 4.69) is 14.8 Å². The zero-order chi connectivity index (χ0) is 16.1. The maximum Gasteiger partial charge on any atom is 0.240 e. The summed E-state index contributed by atoms with van der Waals surface area (Å²) >= 11 is 0. The van der Waals surface area contributed by atoms with Crippen LogP contribution < -0.4 is 14.2 Å². The number of fused-ring (bicyclic) bond motifs is 1. The molecule has 0 radical (unpaired) electrons. The third kappa shape index (κ3) is 3.99. The van der Waals surface area contributed by atoms with Crippen molar-refractivity contribution in [3.05, 3.63) is 30.9 Å². The van der Waals surface area contributed by atoms with E-state index in [0.717, 1.165) is 6.42 Å². The van der Waals surface area contributed by atoms with Gasteiger partial charge in [0, 0.05) is 25.6 Å². The molecule has 1 N–H and O–H groups in total. The molecule has 0 amide bonds. The fraction of sp³-hybridized carbons (Fsp3) is 0.429. The van der Waals surface area contributed by atoms with Gasteiger partial charge in [-0.2, -0.15) is 5.10 Å². The average Bonchev–Trinajstić information content (AvgIpc) is 2.94. The Morgan fingerprint density at radius 3 is 2.83 bits per heavy atom. The van der Waals surface area contributed by atoms with Crippen LogP contribution in [-0.2, 0) is 16.6 Å². The van der Waals surface area contributed by atoms with Crippen LogP contribution in [0.5, 0.6) is 11.5 Å². The quantitative estimate of drug-likeness (QED) is 0.783. The maximum absolute atomic E-state index is 12.3. The van der Waals surface area contributed by atoms with E-state index in [1.165, 1.54) is 18.5 Å². The Kier molecular flexibility index (Phi) is 4.77. The van der Waals surface area contributed by atoms with E-state index in [9.17, 15) is 8.42 Å². The lowest BCUT2D eigenvalue weighted by molar-refractivity contribution is 0.297. The predicted octanol–water partition coefficient (Wildman–Crippen LogP) is 0.808. The van der Waals surface area contributed by atoms with E-state index in [4.69, 9.17) is 9.47 Å². The molecule has 0 fully saturated rings. The number of hydrogen-bond donors (Lipinski definition) is 1. The lowest BCUT2D eigenvalue weighted by Gasteiger charge is -2.11. The Morgan fingerprint density at radius 2 is 2.04 bits per heavy atom. The highest BCUT2D eigenvalue weighted by Crippen LogP contribution is 2.31. The van der Waals surface area contributed by atoms with Crippen LogP contribution in [0, 0.1) is 0 Å². The first-order valence-electron chi connectivity index (χ1n) is 7.37. The summed E-state index contributed by atoms with van der Waals surface area (Å²) in [5, 5.41) is 3.96. The van der Waals surface area contributed by atoms with Crippen molar-refractivity contribution in [2.24, 2.45) is 0 Å². The van der Waals surface area contributed by atoms with Gasteiger partial charge in [-0.3, -0.25) is 4.68 Å². The van der Waals surface area contributed by atoms with E-state index < -0.39 is 10.0 Å². The molecule has 1 aliphatic rings. The molecule has 0 spiro atoms. The second kappa shape index (κ2) is 6.97. The Bertz CT molecular complexity index is 746. The highest BCUT2D eigenvalue weighted by Gasteiger charge is 2.18. The minimum Gasteiger partial charge on any atom is -0.490 e. The normalized spacial score (nSPS) is 14.4. The molecular formula is C14H18N4O4S. The maximum atomic E-state index is 12.3. The Labute approximate surface area is 134 Å². The molecule has 2 heterocycles. The smallest absolute Gasteiger partial charge is 0.240 e. The fourth-order valence-corrected chi connectivity index (χ4v) is 3.28. The van der Waals surface area contributed by atoms with Crippen molar-refractivity contribution < 1.29 is 17.9 Å². The van der Waals surface area contributed by atoms with Gasteiger partial charge in [-0.15, -0.1) is 0 Å². The number of rotatable bonds is 6. The van der Waals surface area contributed by atoms with E-state index in [0.29, 0.717) is 44.2 Å². The van der Waals surface area contributed by atoms with Gasteiger partial charge in [0.25, 0.3) is 0 Å². The summed E-state index contributed by atoms with van der Waals surface area (Å²) in [7, 11) is -3.58. The largest absolute Gasteiger partial charge is 0.490 e. The van der Waals surface area contributed by atoms with Crippen LogP contribution in [0.1, 0.15) is 12.8 Å². The number of ether oxygens (including phenoxy) is 2. The van der Waals surface area contributed by atoms with Crippen molar-refractivity contribution in [3.8, 4) is 11.5 Å². The highest BCUT2D eigenvalue weighted by molar-refractivity contribution is 7.89. The number of hydrogen-bond acceptors (Lipinski definition) is 6. The monoisotopic (exact) mass is 338 g/mol. The topological polar surface area (TPSA) is 95.3 Å². The molecule has 1 aromatic carbocycles. The van der Waals surface area contributed by atoms with Crippen LogP contribution in [-0.4, -0.2) is 42.9 Å². The van der Waals surface area contributed by atoms with Gasteiger partial charge in [-0.25, -0.2) is 18.1 Å². The van der Waals surface area contributed by atoms with Crippen molar-refractivity contribution >= 4 is 10.0 Å². The molecule has 124 valence electrons. The first-order valence-corrected chi connectivity index (χ1v) is 8.85. The van der Waals surface area contributed by atoms with E-state index in [-0.39, 0.29) is 4.90 Å². The van der Waals surface area contributed by atoms with Gasteiger partial charge in [-0.1, -0.05) is 0 Å². The van der Waals surface area contributed by atoms with Gasteiger partial charge in [0.05, 0.1) is 18.1 Å². The van der Waals surface area contributed by atoms with Gasteiger partial charge in [0.15, 0.2) is 11.5 Å². The Balaban J connectivity index is 1.61.